The summed E-state index contributed by atoms with van der Waals surface area (Å²) in [6, 6.07) is 2.03. The molecule has 0 atom stereocenters. The molecule has 0 amide bonds. The lowest BCUT2D eigenvalue weighted by Gasteiger charge is -2.31. The summed E-state index contributed by atoms with van der Waals surface area (Å²) in [6.45, 7) is 5.24. The maximum Gasteiger partial charge on any atom is 0.0912 e. The Hall–Kier alpha value is -0.810. The normalized spacial score (nSPS) is 18.4. The molecule has 1 aliphatic heterocycles. The summed E-state index contributed by atoms with van der Waals surface area (Å²) in [6.07, 6.45) is 1.64. The zero-order valence-corrected chi connectivity index (χ0v) is 5.59. The van der Waals surface area contributed by atoms with Crippen LogP contribution in [0.25, 0.3) is 0 Å². The van der Waals surface area contributed by atoms with E-state index in [4.69, 9.17) is 5.26 Å². The van der Waals surface area contributed by atoms with Gasteiger partial charge in [-0.2, -0.15) is 5.26 Å². The zero-order chi connectivity index (χ0) is 6.69. The van der Waals surface area contributed by atoms with Gasteiger partial charge in [-0.05, 0) is 12.1 Å². The second-order valence-electron chi connectivity index (χ2n) is 2.23. The van der Waals surface area contributed by atoms with Gasteiger partial charge in [-0.25, -0.2) is 0 Å². The van der Waals surface area contributed by atoms with Crippen molar-refractivity contribution < 1.29 is 0 Å². The Bertz CT molecular complexity index is 156. The zero-order valence-electron chi connectivity index (χ0n) is 5.59. The highest BCUT2D eigenvalue weighted by atomic mass is 15.2. The molecule has 1 fully saturated rings. The summed E-state index contributed by atoms with van der Waals surface area (Å²) >= 11 is 0. The van der Waals surface area contributed by atoms with E-state index >= 15 is 0 Å². The first-order valence-electron chi connectivity index (χ1n) is 3.16. The van der Waals surface area contributed by atoms with Crippen molar-refractivity contribution in [3.63, 3.8) is 0 Å². The number of hydrogen-bond donors (Lipinski definition) is 0. The molecule has 0 aromatic rings. The van der Waals surface area contributed by atoms with Crippen molar-refractivity contribution in [3.05, 3.63) is 11.6 Å². The van der Waals surface area contributed by atoms with E-state index in [2.05, 4.69) is 11.8 Å². The van der Waals surface area contributed by atoms with E-state index in [1.54, 1.807) is 6.08 Å². The number of likely N-dealkylation sites (N-methyl/N-ethyl adjacent to an activating group) is 1. The van der Waals surface area contributed by atoms with Gasteiger partial charge in [0.2, 0.25) is 0 Å². The highest BCUT2D eigenvalue weighted by molar-refractivity contribution is 5.21. The minimum Gasteiger partial charge on any atom is -0.296 e. The van der Waals surface area contributed by atoms with E-state index in [-0.39, 0.29) is 0 Å². The second-order valence-corrected chi connectivity index (χ2v) is 2.23. The topological polar surface area (TPSA) is 27.0 Å². The highest BCUT2D eigenvalue weighted by Crippen LogP contribution is 2.11. The van der Waals surface area contributed by atoms with Gasteiger partial charge in [-0.1, -0.05) is 6.92 Å². The van der Waals surface area contributed by atoms with Crippen LogP contribution in [0.5, 0.6) is 0 Å². The van der Waals surface area contributed by atoms with Gasteiger partial charge < -0.3 is 0 Å². The van der Waals surface area contributed by atoms with Crippen LogP contribution in [0.4, 0.5) is 0 Å². The third-order valence-electron chi connectivity index (χ3n) is 1.57. The lowest BCUT2D eigenvalue weighted by atomic mass is 10.1. The molecule has 0 aromatic heterocycles. The monoisotopic (exact) mass is 122 g/mol. The van der Waals surface area contributed by atoms with Crippen molar-refractivity contribution in [2.75, 3.05) is 19.6 Å². The third-order valence-corrected chi connectivity index (χ3v) is 1.57. The van der Waals surface area contributed by atoms with E-state index in [1.807, 2.05) is 6.07 Å². The first kappa shape index (κ1) is 6.31. The average Bonchev–Trinajstić information content (AvgIpc) is 1.77. The van der Waals surface area contributed by atoms with Gasteiger partial charge in [0.25, 0.3) is 0 Å². The van der Waals surface area contributed by atoms with Gasteiger partial charge in [-0.3, -0.25) is 4.90 Å². The summed E-state index contributed by atoms with van der Waals surface area (Å²) in [5.74, 6) is 0. The summed E-state index contributed by atoms with van der Waals surface area (Å²) in [5.41, 5.74) is 1.26. The molecule has 0 bridgehead atoms. The van der Waals surface area contributed by atoms with Crippen LogP contribution in [0.15, 0.2) is 11.6 Å². The molecule has 2 heteroatoms. The SMILES string of the molecule is CCN1CC(=CC#N)C1. The van der Waals surface area contributed by atoms with Gasteiger partial charge in [0.05, 0.1) is 6.07 Å². The van der Waals surface area contributed by atoms with E-state index < -0.39 is 0 Å². The Kier molecular flexibility index (Phi) is 1.86. The van der Waals surface area contributed by atoms with Gasteiger partial charge in [0.15, 0.2) is 0 Å². The Morgan fingerprint density at radius 3 is 2.89 bits per heavy atom. The fraction of sp³-hybridized carbons (Fsp3) is 0.571. The van der Waals surface area contributed by atoms with Crippen LogP contribution in [0, 0.1) is 11.3 Å². The summed E-state index contributed by atoms with van der Waals surface area (Å²) in [4.78, 5) is 2.28. The van der Waals surface area contributed by atoms with Crippen molar-refractivity contribution in [1.29, 1.82) is 5.26 Å². The Morgan fingerprint density at radius 2 is 2.44 bits per heavy atom. The quantitative estimate of drug-likeness (QED) is 0.480. The van der Waals surface area contributed by atoms with Gasteiger partial charge in [0.1, 0.15) is 0 Å². The van der Waals surface area contributed by atoms with Crippen LogP contribution in [-0.2, 0) is 0 Å². The van der Waals surface area contributed by atoms with Crippen LogP contribution < -0.4 is 0 Å². The van der Waals surface area contributed by atoms with E-state index in [0.717, 1.165) is 19.6 Å². The van der Waals surface area contributed by atoms with Crippen molar-refractivity contribution in [2.45, 2.75) is 6.92 Å². The first-order chi connectivity index (χ1) is 4.36. The Labute approximate surface area is 55.4 Å². The lowest BCUT2D eigenvalue weighted by molar-refractivity contribution is 0.264. The summed E-state index contributed by atoms with van der Waals surface area (Å²) in [7, 11) is 0. The van der Waals surface area contributed by atoms with Gasteiger partial charge in [0, 0.05) is 19.2 Å². The predicted octanol–water partition coefficient (Wildman–Crippen LogP) is 0.772. The van der Waals surface area contributed by atoms with Crippen LogP contribution in [0.1, 0.15) is 6.92 Å². The highest BCUT2D eigenvalue weighted by Gasteiger charge is 2.16. The Balaban J connectivity index is 2.28. The van der Waals surface area contributed by atoms with Crippen LogP contribution in [0.2, 0.25) is 0 Å². The molecule has 2 nitrogen and oxygen atoms in total. The molecule has 48 valence electrons. The Morgan fingerprint density at radius 1 is 1.78 bits per heavy atom. The van der Waals surface area contributed by atoms with Gasteiger partial charge >= 0.3 is 0 Å². The molecular formula is C7H10N2. The molecule has 0 N–H and O–H groups in total. The standard InChI is InChI=1S/C7H10N2/c1-2-9-5-7(6-9)3-4-8/h3H,2,5-6H2,1H3. The first-order valence-corrected chi connectivity index (χ1v) is 3.16. The average molecular weight is 122 g/mol. The minimum absolute atomic E-state index is 1.00. The lowest BCUT2D eigenvalue weighted by Crippen LogP contribution is -2.39. The molecule has 9 heavy (non-hydrogen) atoms. The number of likely N-dealkylation sites (tertiary alicyclic amines) is 1. The number of nitriles is 1. The number of hydrogen-bond acceptors (Lipinski definition) is 2. The molecule has 0 saturated carbocycles. The maximum atomic E-state index is 8.22. The van der Waals surface area contributed by atoms with E-state index in [9.17, 15) is 0 Å². The van der Waals surface area contributed by atoms with Crippen LogP contribution >= 0.6 is 0 Å². The predicted molar refractivity (Wildman–Crippen MR) is 35.8 cm³/mol. The number of rotatable bonds is 1. The van der Waals surface area contributed by atoms with Crippen molar-refractivity contribution in [1.82, 2.24) is 4.90 Å². The van der Waals surface area contributed by atoms with E-state index in [1.165, 1.54) is 5.57 Å². The molecule has 0 radical (unpaired) electrons. The number of nitrogens with zero attached hydrogens (tertiary/aromatic N) is 2. The largest absolute Gasteiger partial charge is 0.296 e. The van der Waals surface area contributed by atoms with Crippen molar-refractivity contribution >= 4 is 0 Å². The smallest absolute Gasteiger partial charge is 0.0912 e. The molecule has 1 heterocycles. The van der Waals surface area contributed by atoms with Crippen molar-refractivity contribution in [3.8, 4) is 6.07 Å². The van der Waals surface area contributed by atoms with Crippen LogP contribution in [0.3, 0.4) is 0 Å². The molecule has 1 aliphatic rings. The minimum atomic E-state index is 1.00. The van der Waals surface area contributed by atoms with Crippen LogP contribution in [-0.4, -0.2) is 24.5 Å². The molecule has 0 unspecified atom stereocenters. The molecule has 0 spiro atoms. The van der Waals surface area contributed by atoms with E-state index in [0.29, 0.717) is 0 Å². The molecular weight excluding hydrogens is 112 g/mol. The third kappa shape index (κ3) is 1.30. The van der Waals surface area contributed by atoms with Crippen molar-refractivity contribution in [2.24, 2.45) is 0 Å². The summed E-state index contributed by atoms with van der Waals surface area (Å²) < 4.78 is 0. The second kappa shape index (κ2) is 2.65. The summed E-state index contributed by atoms with van der Waals surface area (Å²) in [5, 5.41) is 8.22. The molecule has 0 aliphatic carbocycles. The fourth-order valence-corrected chi connectivity index (χ4v) is 0.934. The molecule has 1 rings (SSSR count). The fourth-order valence-electron chi connectivity index (χ4n) is 0.934. The number of allylic oxidation sites excluding steroid dienone is 1. The molecule has 0 aromatic carbocycles. The molecule has 1 saturated heterocycles. The van der Waals surface area contributed by atoms with Gasteiger partial charge in [-0.15, -0.1) is 0 Å². The maximum absolute atomic E-state index is 8.22.